The number of hydrogen-bond donors (Lipinski definition) is 3. The van der Waals surface area contributed by atoms with Crippen molar-refractivity contribution in [3.05, 3.63) is 48.0 Å². The smallest absolute Gasteiger partial charge is 0.408 e. The molecule has 2 fully saturated rings. The van der Waals surface area contributed by atoms with Crippen molar-refractivity contribution in [2.24, 2.45) is 11.8 Å². The number of amides is 1. The summed E-state index contributed by atoms with van der Waals surface area (Å²) < 4.78 is 55.9. The molecule has 3 aliphatic heterocycles. The number of benzene rings is 2. The molecule has 0 saturated carbocycles. The van der Waals surface area contributed by atoms with Crippen LogP contribution in [0.25, 0.3) is 0 Å². The first kappa shape index (κ1) is 28.4. The molecule has 2 aromatic rings. The van der Waals surface area contributed by atoms with Crippen molar-refractivity contribution in [2.75, 3.05) is 33.1 Å². The Morgan fingerprint density at radius 3 is 2.60 bits per heavy atom. The molecule has 2 aromatic carbocycles. The van der Waals surface area contributed by atoms with Crippen molar-refractivity contribution < 1.29 is 47.1 Å². The van der Waals surface area contributed by atoms with E-state index < -0.39 is 40.7 Å². The van der Waals surface area contributed by atoms with Gasteiger partial charge in [0.15, 0.2) is 17.8 Å². The lowest BCUT2D eigenvalue weighted by Gasteiger charge is -2.31. The van der Waals surface area contributed by atoms with Gasteiger partial charge in [0.1, 0.15) is 11.9 Å². The number of carbonyl (C=O) groups is 1. The van der Waals surface area contributed by atoms with Gasteiger partial charge in [-0.2, -0.15) is 4.31 Å². The van der Waals surface area contributed by atoms with Crippen LogP contribution in [0.3, 0.4) is 0 Å². The number of ether oxygens (including phenoxy) is 5. The molecule has 0 unspecified atom stereocenters. The zero-order valence-corrected chi connectivity index (χ0v) is 23.1. The van der Waals surface area contributed by atoms with Crippen molar-refractivity contribution in [1.29, 1.82) is 0 Å². The molecule has 2 saturated heterocycles. The summed E-state index contributed by atoms with van der Waals surface area (Å²) in [6, 6.07) is 9.23. The number of aliphatic hydroxyl groups excluding tert-OH is 1. The largest absolute Gasteiger partial charge is 0.508 e. The minimum Gasteiger partial charge on any atom is -0.508 e. The van der Waals surface area contributed by atoms with Gasteiger partial charge in [-0.15, -0.1) is 0 Å². The van der Waals surface area contributed by atoms with E-state index in [4.69, 9.17) is 23.7 Å². The van der Waals surface area contributed by atoms with Crippen molar-refractivity contribution in [3.63, 3.8) is 0 Å². The summed E-state index contributed by atoms with van der Waals surface area (Å²) in [6.45, 7) is 4.25. The normalized spacial score (nSPS) is 23.3. The number of aliphatic hydroxyl groups is 1. The summed E-state index contributed by atoms with van der Waals surface area (Å²) >= 11 is 0. The minimum absolute atomic E-state index is 0.00164. The second-order valence-electron chi connectivity index (χ2n) is 10.5. The highest BCUT2D eigenvalue weighted by molar-refractivity contribution is 7.89. The van der Waals surface area contributed by atoms with Crippen LogP contribution in [0.2, 0.25) is 0 Å². The lowest BCUT2D eigenvalue weighted by Crippen LogP contribution is -2.46. The summed E-state index contributed by atoms with van der Waals surface area (Å²) in [7, 11) is -4.07. The Hall–Kier alpha value is -3.10. The second kappa shape index (κ2) is 11.8. The molecule has 0 aromatic heterocycles. The van der Waals surface area contributed by atoms with Gasteiger partial charge in [-0.25, -0.2) is 13.2 Å². The summed E-state index contributed by atoms with van der Waals surface area (Å²) in [5.41, 5.74) is 0.456. The number of alkyl carbamates (subject to hydrolysis) is 1. The van der Waals surface area contributed by atoms with Crippen LogP contribution < -0.4 is 14.8 Å². The van der Waals surface area contributed by atoms with Crippen LogP contribution in [0.4, 0.5) is 4.79 Å². The van der Waals surface area contributed by atoms with E-state index in [1.165, 1.54) is 34.6 Å². The van der Waals surface area contributed by atoms with E-state index in [1.807, 2.05) is 13.8 Å². The third kappa shape index (κ3) is 6.13. The molecule has 0 aliphatic carbocycles. The van der Waals surface area contributed by atoms with Crippen LogP contribution in [0.15, 0.2) is 47.4 Å². The Kier molecular flexibility index (Phi) is 8.38. The lowest BCUT2D eigenvalue weighted by molar-refractivity contribution is -0.0907. The van der Waals surface area contributed by atoms with E-state index in [2.05, 4.69) is 5.32 Å². The lowest BCUT2D eigenvalue weighted by atomic mass is 10.0. The van der Waals surface area contributed by atoms with Gasteiger partial charge >= 0.3 is 6.09 Å². The van der Waals surface area contributed by atoms with Crippen molar-refractivity contribution >= 4 is 16.1 Å². The highest BCUT2D eigenvalue weighted by Gasteiger charge is 2.44. The average Bonchev–Trinajstić information content (AvgIpc) is 3.65. The average molecular weight is 579 g/mol. The monoisotopic (exact) mass is 578 g/mol. The molecule has 12 nitrogen and oxygen atoms in total. The summed E-state index contributed by atoms with van der Waals surface area (Å²) in [6.07, 6.45) is -2.36. The van der Waals surface area contributed by atoms with Gasteiger partial charge in [0.2, 0.25) is 16.8 Å². The Morgan fingerprint density at radius 1 is 1.10 bits per heavy atom. The molecule has 0 spiro atoms. The first-order valence-corrected chi connectivity index (χ1v) is 14.6. The first-order chi connectivity index (χ1) is 19.1. The van der Waals surface area contributed by atoms with Crippen LogP contribution in [-0.2, 0) is 24.2 Å². The summed E-state index contributed by atoms with van der Waals surface area (Å²) in [4.78, 5) is 13.0. The fraction of sp³-hybridized carbons (Fsp3) is 0.519. The van der Waals surface area contributed by atoms with Gasteiger partial charge < -0.3 is 39.2 Å². The van der Waals surface area contributed by atoms with Crippen LogP contribution in [0.5, 0.6) is 17.2 Å². The van der Waals surface area contributed by atoms with Gasteiger partial charge in [0.25, 0.3) is 0 Å². The highest BCUT2D eigenvalue weighted by atomic mass is 32.2. The number of fused-ring (bicyclic) bond motifs is 2. The maximum atomic E-state index is 13.7. The molecular formula is C27H34N2O10S. The Balaban J connectivity index is 1.36. The molecule has 218 valence electrons. The number of nitrogens with one attached hydrogen (secondary N) is 1. The maximum absolute atomic E-state index is 13.7. The SMILES string of the molecule is CC(C)CN(C[C@@H](O)[C@@H](NC(=O)O[C@H]1CO[C@H]2OCC[C@H]21)c1ccc(O)cc1)S(=O)(=O)c1ccc2c(c1)OCO2. The zero-order chi connectivity index (χ0) is 28.4. The zero-order valence-electron chi connectivity index (χ0n) is 22.3. The number of sulfonamides is 1. The number of aromatic hydroxyl groups is 1. The number of phenolic OH excluding ortho intramolecular Hbond substituents is 1. The van der Waals surface area contributed by atoms with Gasteiger partial charge in [-0.1, -0.05) is 26.0 Å². The summed E-state index contributed by atoms with van der Waals surface area (Å²) in [5.74, 6) is 0.638. The van der Waals surface area contributed by atoms with Gasteiger partial charge in [-0.05, 0) is 42.2 Å². The molecule has 13 heteroatoms. The van der Waals surface area contributed by atoms with Crippen LogP contribution >= 0.6 is 0 Å². The third-order valence-corrected chi connectivity index (χ3v) is 8.92. The van der Waals surface area contributed by atoms with E-state index in [1.54, 1.807) is 12.1 Å². The molecule has 1 amide bonds. The van der Waals surface area contributed by atoms with Crippen LogP contribution in [0, 0.1) is 11.8 Å². The van der Waals surface area contributed by atoms with Crippen LogP contribution in [0.1, 0.15) is 31.9 Å². The molecule has 3 N–H and O–H groups in total. The molecule has 5 atom stereocenters. The first-order valence-electron chi connectivity index (χ1n) is 13.2. The number of nitrogens with zero attached hydrogens (tertiary/aromatic N) is 1. The third-order valence-electron chi connectivity index (χ3n) is 7.10. The Morgan fingerprint density at radius 2 is 1.85 bits per heavy atom. The number of hydrogen-bond acceptors (Lipinski definition) is 10. The Labute approximate surface area is 232 Å². The second-order valence-corrected chi connectivity index (χ2v) is 12.4. The topological polar surface area (TPSA) is 153 Å². The minimum atomic E-state index is -4.07. The predicted molar refractivity (Wildman–Crippen MR) is 140 cm³/mol. The van der Waals surface area contributed by atoms with E-state index in [0.717, 1.165) is 0 Å². The van der Waals surface area contributed by atoms with E-state index in [-0.39, 0.29) is 49.0 Å². The number of rotatable bonds is 10. The quantitative estimate of drug-likeness (QED) is 0.383. The van der Waals surface area contributed by atoms with Crippen LogP contribution in [-0.4, -0.2) is 80.6 Å². The molecule has 40 heavy (non-hydrogen) atoms. The predicted octanol–water partition coefficient (Wildman–Crippen LogP) is 2.36. The van der Waals surface area contributed by atoms with E-state index in [9.17, 15) is 23.4 Å². The summed E-state index contributed by atoms with van der Waals surface area (Å²) in [5, 5.41) is 23.9. The van der Waals surface area contributed by atoms with Crippen molar-refractivity contribution in [3.8, 4) is 17.2 Å². The van der Waals surface area contributed by atoms with Gasteiger partial charge in [-0.3, -0.25) is 0 Å². The van der Waals surface area contributed by atoms with Gasteiger partial charge in [0.05, 0.1) is 36.2 Å². The van der Waals surface area contributed by atoms with Crippen molar-refractivity contribution in [1.82, 2.24) is 9.62 Å². The Bertz CT molecular complexity index is 1300. The van der Waals surface area contributed by atoms with E-state index in [0.29, 0.717) is 30.1 Å². The molecule has 5 rings (SSSR count). The molecule has 0 bridgehead atoms. The van der Waals surface area contributed by atoms with Crippen molar-refractivity contribution in [2.45, 2.75) is 49.7 Å². The molecular weight excluding hydrogens is 544 g/mol. The number of phenols is 1. The fourth-order valence-electron chi connectivity index (χ4n) is 5.11. The van der Waals surface area contributed by atoms with E-state index >= 15 is 0 Å². The maximum Gasteiger partial charge on any atom is 0.408 e. The molecule has 0 radical (unpaired) electrons. The van der Waals surface area contributed by atoms with Gasteiger partial charge in [0, 0.05) is 19.2 Å². The standard InChI is InChI=1S/C27H34N2O10S/c1-16(2)12-29(40(33,34)19-7-8-22-23(11-19)38-15-37-22)13-21(31)25(17-3-5-18(30)6-4-17)28-27(32)39-24-14-36-26-20(24)9-10-35-26/h3-8,11,16,20-21,24-26,30-31H,9-10,12-15H2,1-2H3,(H,28,32)/t20-,21+,24-,25-,26+/m0/s1. The number of carbonyl (C=O) groups excluding carboxylic acids is 1. The highest BCUT2D eigenvalue weighted by Crippen LogP contribution is 2.36. The fourth-order valence-corrected chi connectivity index (χ4v) is 6.75. The molecule has 3 heterocycles. The molecule has 3 aliphatic rings.